The fourth-order valence-corrected chi connectivity index (χ4v) is 3.69. The van der Waals surface area contributed by atoms with E-state index in [1.165, 1.54) is 0 Å². The number of methoxy groups -OCH3 is 3. The smallest absolute Gasteiger partial charge is 0.258 e. The van der Waals surface area contributed by atoms with Gasteiger partial charge in [0.2, 0.25) is 0 Å². The molecule has 1 fully saturated rings. The van der Waals surface area contributed by atoms with Crippen molar-refractivity contribution in [2.24, 2.45) is 0 Å². The van der Waals surface area contributed by atoms with Crippen molar-refractivity contribution in [3.63, 3.8) is 0 Å². The number of aliphatic hydroxyl groups excluding tert-OH is 1. The van der Waals surface area contributed by atoms with E-state index in [-0.39, 0.29) is 12.5 Å². The van der Waals surface area contributed by atoms with Crippen LogP contribution in [0.15, 0.2) is 36.4 Å². The zero-order valence-electron chi connectivity index (χ0n) is 17.2. The highest BCUT2D eigenvalue weighted by atomic mass is 16.5. The van der Waals surface area contributed by atoms with Crippen molar-refractivity contribution in [1.29, 1.82) is 0 Å². The first-order valence-corrected chi connectivity index (χ1v) is 9.44. The summed E-state index contributed by atoms with van der Waals surface area (Å²) in [5.74, 6) is 1.48. The Labute approximate surface area is 170 Å². The lowest BCUT2D eigenvalue weighted by Crippen LogP contribution is -2.49. The Morgan fingerprint density at radius 2 is 1.76 bits per heavy atom. The Morgan fingerprint density at radius 1 is 1.07 bits per heavy atom. The van der Waals surface area contributed by atoms with Crippen molar-refractivity contribution in [1.82, 2.24) is 4.90 Å². The Hall–Kier alpha value is -2.77. The Kier molecular flexibility index (Phi) is 6.61. The number of nitrogens with zero attached hydrogens (tertiary/aromatic N) is 1. The van der Waals surface area contributed by atoms with Gasteiger partial charge in [-0.05, 0) is 36.8 Å². The largest absolute Gasteiger partial charge is 0.496 e. The molecule has 7 heteroatoms. The van der Waals surface area contributed by atoms with Crippen molar-refractivity contribution >= 4 is 5.91 Å². The average Bonchev–Trinajstić information content (AvgIpc) is 2.77. The minimum absolute atomic E-state index is 0.174. The molecule has 0 radical (unpaired) electrons. The van der Waals surface area contributed by atoms with Crippen molar-refractivity contribution in [2.75, 3.05) is 41.1 Å². The molecule has 29 heavy (non-hydrogen) atoms. The van der Waals surface area contributed by atoms with Gasteiger partial charge in [-0.15, -0.1) is 0 Å². The number of hydrogen-bond donors (Lipinski definition) is 1. The SMILES string of the molecule is COc1ccc([C@@H]2[C@@H](CO)OCCN2C(=O)c2cc(C)ccc2OC)cc1OC. The maximum Gasteiger partial charge on any atom is 0.258 e. The van der Waals surface area contributed by atoms with Crippen molar-refractivity contribution in [3.05, 3.63) is 53.1 Å². The molecule has 0 aliphatic carbocycles. The molecule has 1 aliphatic rings. The maximum atomic E-state index is 13.5. The van der Waals surface area contributed by atoms with Crippen LogP contribution in [0.5, 0.6) is 17.2 Å². The third kappa shape index (κ3) is 4.16. The Bertz CT molecular complexity index is 868. The van der Waals surface area contributed by atoms with Gasteiger partial charge in [-0.3, -0.25) is 4.79 Å². The summed E-state index contributed by atoms with van der Waals surface area (Å²) in [6, 6.07) is 10.5. The van der Waals surface area contributed by atoms with E-state index >= 15 is 0 Å². The van der Waals surface area contributed by atoms with E-state index in [1.54, 1.807) is 38.4 Å². The van der Waals surface area contributed by atoms with E-state index in [4.69, 9.17) is 18.9 Å². The fourth-order valence-electron chi connectivity index (χ4n) is 3.69. The van der Waals surface area contributed by atoms with Gasteiger partial charge in [0, 0.05) is 6.54 Å². The summed E-state index contributed by atoms with van der Waals surface area (Å²) in [6.07, 6.45) is -0.554. The summed E-state index contributed by atoms with van der Waals surface area (Å²) < 4.78 is 21.9. The molecule has 0 saturated carbocycles. The summed E-state index contributed by atoms with van der Waals surface area (Å²) in [5.41, 5.74) is 2.24. The maximum absolute atomic E-state index is 13.5. The number of benzene rings is 2. The second kappa shape index (κ2) is 9.15. The molecule has 2 atom stereocenters. The number of ether oxygens (including phenoxy) is 4. The zero-order valence-corrected chi connectivity index (χ0v) is 17.2. The number of aliphatic hydroxyl groups is 1. The summed E-state index contributed by atoms with van der Waals surface area (Å²) in [5, 5.41) is 9.92. The Morgan fingerprint density at radius 3 is 2.41 bits per heavy atom. The lowest BCUT2D eigenvalue weighted by atomic mass is 9.96. The molecule has 1 N–H and O–H groups in total. The molecule has 0 spiro atoms. The average molecular weight is 401 g/mol. The molecule has 7 nitrogen and oxygen atoms in total. The van der Waals surface area contributed by atoms with Gasteiger partial charge >= 0.3 is 0 Å². The van der Waals surface area contributed by atoms with E-state index in [0.29, 0.717) is 36.0 Å². The first kappa shape index (κ1) is 21.0. The number of aryl methyl sites for hydroxylation is 1. The summed E-state index contributed by atoms with van der Waals surface area (Å²) in [4.78, 5) is 15.2. The van der Waals surface area contributed by atoms with Crippen LogP contribution in [0, 0.1) is 6.92 Å². The minimum Gasteiger partial charge on any atom is -0.496 e. The van der Waals surface area contributed by atoms with Gasteiger partial charge in [0.1, 0.15) is 11.9 Å². The topological polar surface area (TPSA) is 77.5 Å². The molecule has 2 aromatic rings. The third-order valence-electron chi connectivity index (χ3n) is 5.13. The summed E-state index contributed by atoms with van der Waals surface area (Å²) in [6.45, 7) is 2.45. The van der Waals surface area contributed by atoms with Crippen LogP contribution in [-0.4, -0.2) is 63.1 Å². The predicted molar refractivity (Wildman–Crippen MR) is 108 cm³/mol. The number of carbonyl (C=O) groups excluding carboxylic acids is 1. The van der Waals surface area contributed by atoms with Crippen LogP contribution in [0.3, 0.4) is 0 Å². The van der Waals surface area contributed by atoms with Gasteiger partial charge in [0.05, 0.1) is 46.1 Å². The van der Waals surface area contributed by atoms with Crippen LogP contribution in [0.4, 0.5) is 0 Å². The molecule has 156 valence electrons. The quantitative estimate of drug-likeness (QED) is 0.802. The molecule has 1 saturated heterocycles. The van der Waals surface area contributed by atoms with Gasteiger partial charge in [-0.2, -0.15) is 0 Å². The fraction of sp³-hybridized carbons (Fsp3) is 0.409. The lowest BCUT2D eigenvalue weighted by molar-refractivity contribution is -0.0812. The van der Waals surface area contributed by atoms with Crippen LogP contribution in [-0.2, 0) is 4.74 Å². The highest BCUT2D eigenvalue weighted by Gasteiger charge is 2.37. The van der Waals surface area contributed by atoms with E-state index in [0.717, 1.165) is 11.1 Å². The number of hydrogen-bond acceptors (Lipinski definition) is 6. The highest BCUT2D eigenvalue weighted by Crippen LogP contribution is 2.37. The van der Waals surface area contributed by atoms with Crippen LogP contribution >= 0.6 is 0 Å². The first-order chi connectivity index (χ1) is 14.0. The van der Waals surface area contributed by atoms with Gasteiger partial charge in [-0.25, -0.2) is 0 Å². The standard InChI is InChI=1S/C22H27NO6/c1-14-5-7-17(26-2)16(11-14)22(25)23-9-10-29-20(13-24)21(23)15-6-8-18(27-3)19(12-15)28-4/h5-8,11-12,20-21,24H,9-10,13H2,1-4H3/t20-,21-/m1/s1. The molecular weight excluding hydrogens is 374 g/mol. The van der Waals surface area contributed by atoms with Crippen LogP contribution in [0.1, 0.15) is 27.5 Å². The highest BCUT2D eigenvalue weighted by molar-refractivity contribution is 5.97. The molecule has 0 unspecified atom stereocenters. The number of morpholine rings is 1. The van der Waals surface area contributed by atoms with Gasteiger partial charge < -0.3 is 29.0 Å². The molecule has 1 heterocycles. The van der Waals surface area contributed by atoms with E-state index in [1.807, 2.05) is 31.2 Å². The monoisotopic (exact) mass is 401 g/mol. The van der Waals surface area contributed by atoms with Crippen LogP contribution < -0.4 is 14.2 Å². The predicted octanol–water partition coefficient (Wildman–Crippen LogP) is 2.60. The zero-order chi connectivity index (χ0) is 21.0. The van der Waals surface area contributed by atoms with Crippen LogP contribution in [0.25, 0.3) is 0 Å². The molecule has 2 aromatic carbocycles. The Balaban J connectivity index is 2.05. The minimum atomic E-state index is -0.554. The van der Waals surface area contributed by atoms with Crippen LogP contribution in [0.2, 0.25) is 0 Å². The summed E-state index contributed by atoms with van der Waals surface area (Å²) >= 11 is 0. The molecule has 0 aromatic heterocycles. The van der Waals surface area contributed by atoms with E-state index in [2.05, 4.69) is 0 Å². The van der Waals surface area contributed by atoms with E-state index < -0.39 is 12.1 Å². The normalized spacial score (nSPS) is 19.0. The number of rotatable bonds is 6. The van der Waals surface area contributed by atoms with Gasteiger partial charge in [0.15, 0.2) is 11.5 Å². The number of carbonyl (C=O) groups is 1. The molecule has 1 amide bonds. The first-order valence-electron chi connectivity index (χ1n) is 9.44. The summed E-state index contributed by atoms with van der Waals surface area (Å²) in [7, 11) is 4.67. The lowest BCUT2D eigenvalue weighted by Gasteiger charge is -2.41. The van der Waals surface area contributed by atoms with Crippen molar-refractivity contribution in [2.45, 2.75) is 19.1 Å². The molecule has 0 bridgehead atoms. The van der Waals surface area contributed by atoms with Crippen molar-refractivity contribution in [3.8, 4) is 17.2 Å². The second-order valence-corrected chi connectivity index (χ2v) is 6.85. The molecular formula is C22H27NO6. The molecule has 1 aliphatic heterocycles. The molecule has 3 rings (SSSR count). The second-order valence-electron chi connectivity index (χ2n) is 6.85. The van der Waals surface area contributed by atoms with E-state index in [9.17, 15) is 9.90 Å². The van der Waals surface area contributed by atoms with Crippen molar-refractivity contribution < 1.29 is 28.8 Å². The van der Waals surface area contributed by atoms with Gasteiger partial charge in [-0.1, -0.05) is 17.7 Å². The number of amides is 1. The third-order valence-corrected chi connectivity index (χ3v) is 5.13. The van der Waals surface area contributed by atoms with Gasteiger partial charge in [0.25, 0.3) is 5.91 Å².